The molecule has 27 heavy (non-hydrogen) atoms. The molecule has 2 bridgehead atoms. The normalized spacial score (nSPS) is 29.6. The Kier molecular flexibility index (Phi) is 4.86. The van der Waals surface area contributed by atoms with Crippen LogP contribution in [0.1, 0.15) is 48.9 Å². The number of carboxylic acids is 1. The maximum atomic E-state index is 12.8. The van der Waals surface area contributed by atoms with Crippen molar-refractivity contribution in [1.82, 2.24) is 4.90 Å². The van der Waals surface area contributed by atoms with Crippen LogP contribution in [0.5, 0.6) is 0 Å². The molecule has 144 valence electrons. The molecular formula is C20H24N2O5. The van der Waals surface area contributed by atoms with Crippen LogP contribution in [-0.4, -0.2) is 52.6 Å². The molecule has 0 saturated carbocycles. The Morgan fingerprint density at radius 2 is 2.00 bits per heavy atom. The van der Waals surface area contributed by atoms with Crippen molar-refractivity contribution in [3.05, 3.63) is 29.8 Å². The summed E-state index contributed by atoms with van der Waals surface area (Å²) in [5.41, 5.74) is 0.947. The molecule has 3 fully saturated rings. The van der Waals surface area contributed by atoms with Crippen LogP contribution < -0.4 is 5.32 Å². The van der Waals surface area contributed by atoms with Gasteiger partial charge in [0.2, 0.25) is 5.91 Å². The van der Waals surface area contributed by atoms with Crippen LogP contribution >= 0.6 is 0 Å². The summed E-state index contributed by atoms with van der Waals surface area (Å²) in [4.78, 5) is 38.3. The Balaban J connectivity index is 1.46. The highest BCUT2D eigenvalue weighted by atomic mass is 16.5. The number of ether oxygens (including phenoxy) is 1. The molecule has 3 aliphatic heterocycles. The average Bonchev–Trinajstić information content (AvgIpc) is 3.31. The average molecular weight is 372 g/mol. The minimum Gasteiger partial charge on any atom is -0.480 e. The van der Waals surface area contributed by atoms with E-state index in [1.807, 2.05) is 0 Å². The number of carbonyl (C=O) groups excluding carboxylic acids is 2. The zero-order valence-corrected chi connectivity index (χ0v) is 15.1. The van der Waals surface area contributed by atoms with Crippen LogP contribution in [0.15, 0.2) is 24.3 Å². The number of likely N-dealkylation sites (tertiary alicyclic amines) is 1. The lowest BCUT2D eigenvalue weighted by Crippen LogP contribution is -2.48. The van der Waals surface area contributed by atoms with Crippen LogP contribution in [0.2, 0.25) is 0 Å². The van der Waals surface area contributed by atoms with Gasteiger partial charge in [0.05, 0.1) is 18.1 Å². The van der Waals surface area contributed by atoms with E-state index in [1.165, 1.54) is 4.90 Å². The first kappa shape index (κ1) is 18.0. The van der Waals surface area contributed by atoms with E-state index in [0.29, 0.717) is 24.2 Å². The van der Waals surface area contributed by atoms with Gasteiger partial charge in [-0.2, -0.15) is 0 Å². The van der Waals surface area contributed by atoms with Gasteiger partial charge in [0.15, 0.2) is 0 Å². The number of anilines is 1. The Bertz CT molecular complexity index is 764. The van der Waals surface area contributed by atoms with E-state index < -0.39 is 12.0 Å². The summed E-state index contributed by atoms with van der Waals surface area (Å²) < 4.78 is 5.74. The van der Waals surface area contributed by atoms with Gasteiger partial charge in [-0.3, -0.25) is 9.59 Å². The minimum atomic E-state index is -0.969. The number of piperidine rings is 1. The third-order valence-electron chi connectivity index (χ3n) is 5.87. The van der Waals surface area contributed by atoms with Crippen LogP contribution in [0, 0.1) is 5.92 Å². The number of carbonyl (C=O) groups is 3. The van der Waals surface area contributed by atoms with Crippen LogP contribution in [-0.2, 0) is 14.3 Å². The van der Waals surface area contributed by atoms with E-state index >= 15 is 0 Å². The molecule has 7 heteroatoms. The second-order valence-electron chi connectivity index (χ2n) is 7.63. The van der Waals surface area contributed by atoms with Gasteiger partial charge in [-0.15, -0.1) is 0 Å². The summed E-state index contributed by atoms with van der Waals surface area (Å²) in [6.07, 6.45) is 4.99. The smallest absolute Gasteiger partial charge is 0.326 e. The molecule has 1 aromatic rings. The molecule has 0 radical (unpaired) electrons. The third kappa shape index (κ3) is 3.56. The van der Waals surface area contributed by atoms with Crippen molar-refractivity contribution in [2.45, 2.75) is 56.8 Å². The molecule has 2 amide bonds. The van der Waals surface area contributed by atoms with Crippen molar-refractivity contribution in [3.8, 4) is 0 Å². The van der Waals surface area contributed by atoms with Crippen molar-refractivity contribution in [2.24, 2.45) is 5.92 Å². The Morgan fingerprint density at radius 3 is 2.70 bits per heavy atom. The number of nitrogens with zero attached hydrogens (tertiary/aromatic N) is 1. The molecule has 2 N–H and O–H groups in total. The summed E-state index contributed by atoms with van der Waals surface area (Å²) in [5, 5.41) is 12.3. The number of benzene rings is 1. The first-order chi connectivity index (χ1) is 13.0. The molecule has 0 aliphatic carbocycles. The number of hydrogen-bond donors (Lipinski definition) is 2. The van der Waals surface area contributed by atoms with E-state index in [-0.39, 0.29) is 29.9 Å². The molecule has 0 aromatic heterocycles. The molecule has 4 rings (SSSR count). The van der Waals surface area contributed by atoms with Gasteiger partial charge >= 0.3 is 5.97 Å². The van der Waals surface area contributed by atoms with Crippen molar-refractivity contribution >= 4 is 23.5 Å². The summed E-state index contributed by atoms with van der Waals surface area (Å²) in [7, 11) is 0. The van der Waals surface area contributed by atoms with E-state index in [0.717, 1.165) is 32.1 Å². The van der Waals surface area contributed by atoms with E-state index in [4.69, 9.17) is 4.74 Å². The molecule has 1 aromatic carbocycles. The van der Waals surface area contributed by atoms with Gasteiger partial charge in [0.25, 0.3) is 5.91 Å². The summed E-state index contributed by atoms with van der Waals surface area (Å²) in [6, 6.07) is 5.96. The van der Waals surface area contributed by atoms with Crippen LogP contribution in [0.25, 0.3) is 0 Å². The second-order valence-corrected chi connectivity index (χ2v) is 7.63. The number of rotatable bonds is 4. The predicted molar refractivity (Wildman–Crippen MR) is 97.4 cm³/mol. The molecular weight excluding hydrogens is 348 g/mol. The molecule has 4 unspecified atom stereocenters. The number of nitrogens with one attached hydrogen (secondary N) is 1. The SMILES string of the molecule is O=C(Nc1cccc(C(=O)N2CCCCC2C(=O)O)c1)C1CC2CCC1O2. The highest BCUT2D eigenvalue weighted by Gasteiger charge is 2.44. The van der Waals surface area contributed by atoms with Gasteiger partial charge in [-0.05, 0) is 56.7 Å². The summed E-state index contributed by atoms with van der Waals surface area (Å²) >= 11 is 0. The van der Waals surface area contributed by atoms with Gasteiger partial charge in [0.1, 0.15) is 6.04 Å². The van der Waals surface area contributed by atoms with Crippen molar-refractivity contribution in [2.75, 3.05) is 11.9 Å². The Morgan fingerprint density at radius 1 is 1.15 bits per heavy atom. The molecule has 3 saturated heterocycles. The van der Waals surface area contributed by atoms with E-state index in [1.54, 1.807) is 24.3 Å². The van der Waals surface area contributed by atoms with Crippen LogP contribution in [0.4, 0.5) is 5.69 Å². The molecule has 3 heterocycles. The summed E-state index contributed by atoms with van der Waals surface area (Å²) in [6.45, 7) is 0.439. The van der Waals surface area contributed by atoms with E-state index in [2.05, 4.69) is 5.32 Å². The number of amides is 2. The first-order valence-corrected chi connectivity index (χ1v) is 9.63. The second kappa shape index (κ2) is 7.31. The van der Waals surface area contributed by atoms with Gasteiger partial charge in [0, 0.05) is 17.8 Å². The Hall–Kier alpha value is -2.41. The highest BCUT2D eigenvalue weighted by molar-refractivity contribution is 5.99. The lowest BCUT2D eigenvalue weighted by Gasteiger charge is -2.33. The largest absolute Gasteiger partial charge is 0.480 e. The zero-order valence-electron chi connectivity index (χ0n) is 15.1. The maximum Gasteiger partial charge on any atom is 0.326 e. The van der Waals surface area contributed by atoms with Gasteiger partial charge in [-0.1, -0.05) is 6.07 Å². The molecule has 0 spiro atoms. The monoisotopic (exact) mass is 372 g/mol. The Labute approximate surface area is 157 Å². The van der Waals surface area contributed by atoms with Crippen molar-refractivity contribution < 1.29 is 24.2 Å². The third-order valence-corrected chi connectivity index (χ3v) is 5.87. The lowest BCUT2D eigenvalue weighted by molar-refractivity contribution is -0.143. The quantitative estimate of drug-likeness (QED) is 0.845. The van der Waals surface area contributed by atoms with Crippen molar-refractivity contribution in [1.29, 1.82) is 0 Å². The first-order valence-electron chi connectivity index (χ1n) is 9.63. The summed E-state index contributed by atoms with van der Waals surface area (Å²) in [5.74, 6) is -1.49. The predicted octanol–water partition coefficient (Wildman–Crippen LogP) is 2.27. The molecule has 7 nitrogen and oxygen atoms in total. The van der Waals surface area contributed by atoms with Gasteiger partial charge < -0.3 is 20.1 Å². The fourth-order valence-electron chi connectivity index (χ4n) is 4.48. The van der Waals surface area contributed by atoms with E-state index in [9.17, 15) is 19.5 Å². The fraction of sp³-hybridized carbons (Fsp3) is 0.550. The minimum absolute atomic E-state index is 0.00416. The fourth-order valence-corrected chi connectivity index (χ4v) is 4.48. The molecule has 4 atom stereocenters. The molecule has 3 aliphatic rings. The lowest BCUT2D eigenvalue weighted by atomic mass is 9.88. The topological polar surface area (TPSA) is 95.9 Å². The highest BCUT2D eigenvalue weighted by Crippen LogP contribution is 2.39. The van der Waals surface area contributed by atoms with Crippen LogP contribution in [0.3, 0.4) is 0 Å². The standard InChI is InChI=1S/C20H24N2O5/c23-18(15-11-14-7-8-17(15)27-14)21-13-5-3-4-12(10-13)19(24)22-9-2-1-6-16(22)20(25)26/h3-5,10,14-17H,1-2,6-9,11H2,(H,21,23)(H,25,26). The number of fused-ring (bicyclic) bond motifs is 2. The van der Waals surface area contributed by atoms with Crippen molar-refractivity contribution in [3.63, 3.8) is 0 Å². The number of hydrogen-bond acceptors (Lipinski definition) is 4. The maximum absolute atomic E-state index is 12.8. The number of aliphatic carboxylic acids is 1. The van der Waals surface area contributed by atoms with Gasteiger partial charge in [-0.25, -0.2) is 4.79 Å². The number of carboxylic acid groups (broad SMARTS) is 1. The zero-order chi connectivity index (χ0) is 19.0.